The number of carbonyl (C=O) groups is 2. The summed E-state index contributed by atoms with van der Waals surface area (Å²) < 4.78 is 1.56. The predicted octanol–water partition coefficient (Wildman–Crippen LogP) is 1.77. The van der Waals surface area contributed by atoms with Crippen LogP contribution in [0.4, 0.5) is 0 Å². The number of carbonyl (C=O) groups excluding carboxylic acids is 1. The van der Waals surface area contributed by atoms with Gasteiger partial charge in [-0.3, -0.25) is 19.8 Å². The van der Waals surface area contributed by atoms with E-state index >= 15 is 0 Å². The molecule has 0 aliphatic heterocycles. The fraction of sp³-hybridized carbons (Fsp3) is 0.320. The molecule has 1 fully saturated rings. The van der Waals surface area contributed by atoms with Crippen LogP contribution in [0.25, 0.3) is 11.0 Å². The van der Waals surface area contributed by atoms with Crippen molar-refractivity contribution >= 4 is 28.7 Å². The zero-order valence-corrected chi connectivity index (χ0v) is 19.2. The van der Waals surface area contributed by atoms with E-state index in [2.05, 4.69) is 4.98 Å². The number of nitrogens with zero attached hydrogens (tertiary/aromatic N) is 3. The van der Waals surface area contributed by atoms with Crippen LogP contribution in [0, 0.1) is 5.41 Å². The molecule has 1 aliphatic rings. The van der Waals surface area contributed by atoms with E-state index < -0.39 is 11.4 Å². The molecule has 4 N–H and O–H groups in total. The first-order valence-corrected chi connectivity index (χ1v) is 11.0. The Hall–Kier alpha value is -4.01. The Balaban J connectivity index is 1.66. The predicted molar refractivity (Wildman–Crippen MR) is 128 cm³/mol. The number of nitrogen functional groups attached to an aromatic ring is 1. The number of rotatable bonds is 8. The molecule has 4 rings (SSSR count). The molecule has 1 heterocycles. The van der Waals surface area contributed by atoms with Gasteiger partial charge in [0.1, 0.15) is 11.5 Å². The SMILES string of the molecule is CN(CCC(=O)O)C(=O)C1(c2ccc3c(c2)nc(Cc2ccc(C(=N)N)cc2)c(=O)n3C)CC1. The van der Waals surface area contributed by atoms with Crippen molar-refractivity contribution in [2.24, 2.45) is 12.8 Å². The van der Waals surface area contributed by atoms with Crippen molar-refractivity contribution in [3.8, 4) is 0 Å². The largest absolute Gasteiger partial charge is 0.481 e. The maximum atomic E-state index is 13.1. The molecule has 0 unspecified atom stereocenters. The number of carboxylic acids is 1. The van der Waals surface area contributed by atoms with Crippen LogP contribution < -0.4 is 11.3 Å². The van der Waals surface area contributed by atoms with Gasteiger partial charge in [-0.25, -0.2) is 4.98 Å². The molecular formula is C25H27N5O4. The maximum absolute atomic E-state index is 13.1. The van der Waals surface area contributed by atoms with Gasteiger partial charge in [0.25, 0.3) is 5.56 Å². The number of hydrogen-bond acceptors (Lipinski definition) is 5. The van der Waals surface area contributed by atoms with E-state index in [0.717, 1.165) is 11.1 Å². The first kappa shape index (κ1) is 23.2. The van der Waals surface area contributed by atoms with Crippen molar-refractivity contribution in [1.82, 2.24) is 14.5 Å². The maximum Gasteiger partial charge on any atom is 0.305 e. The number of nitrogens with two attached hydrogens (primary N) is 1. The van der Waals surface area contributed by atoms with Gasteiger partial charge in [-0.1, -0.05) is 30.3 Å². The van der Waals surface area contributed by atoms with Gasteiger partial charge < -0.3 is 20.3 Å². The third-order valence-electron chi connectivity index (χ3n) is 6.50. The highest BCUT2D eigenvalue weighted by Gasteiger charge is 2.52. The summed E-state index contributed by atoms with van der Waals surface area (Å²) in [5.74, 6) is -1.05. The van der Waals surface area contributed by atoms with Gasteiger partial charge in [0.15, 0.2) is 0 Å². The smallest absolute Gasteiger partial charge is 0.305 e. The van der Waals surface area contributed by atoms with Gasteiger partial charge in [-0.05, 0) is 36.1 Å². The Bertz CT molecular complexity index is 1360. The second-order valence-electron chi connectivity index (χ2n) is 8.87. The molecule has 34 heavy (non-hydrogen) atoms. The second kappa shape index (κ2) is 8.74. The number of likely N-dealkylation sites (N-methyl/N-ethyl adjacent to an activating group) is 1. The van der Waals surface area contributed by atoms with E-state index in [1.165, 1.54) is 4.90 Å². The molecule has 0 spiro atoms. The minimum atomic E-state index is -0.941. The molecule has 0 bridgehead atoms. The summed E-state index contributed by atoms with van der Waals surface area (Å²) in [6, 6.07) is 12.7. The number of benzene rings is 2. The van der Waals surface area contributed by atoms with Gasteiger partial charge in [-0.2, -0.15) is 0 Å². The van der Waals surface area contributed by atoms with Crippen molar-refractivity contribution in [2.45, 2.75) is 31.1 Å². The summed E-state index contributed by atoms with van der Waals surface area (Å²) in [6.07, 6.45) is 1.61. The summed E-state index contributed by atoms with van der Waals surface area (Å²) in [5.41, 5.74) is 8.65. The van der Waals surface area contributed by atoms with Crippen LogP contribution in [0.2, 0.25) is 0 Å². The number of aliphatic carboxylic acids is 1. The monoisotopic (exact) mass is 461 g/mol. The van der Waals surface area contributed by atoms with Crippen LogP contribution in [0.5, 0.6) is 0 Å². The number of hydrogen-bond donors (Lipinski definition) is 3. The fourth-order valence-corrected chi connectivity index (χ4v) is 4.28. The van der Waals surface area contributed by atoms with Crippen molar-refractivity contribution in [3.05, 3.63) is 75.2 Å². The summed E-state index contributed by atoms with van der Waals surface area (Å²) in [5, 5.41) is 16.4. The van der Waals surface area contributed by atoms with E-state index in [1.54, 1.807) is 30.8 Å². The molecule has 2 aromatic carbocycles. The third kappa shape index (κ3) is 4.28. The lowest BCUT2D eigenvalue weighted by molar-refractivity contribution is -0.138. The van der Waals surface area contributed by atoms with E-state index in [4.69, 9.17) is 16.2 Å². The summed E-state index contributed by atoms with van der Waals surface area (Å²) >= 11 is 0. The number of amidine groups is 1. The van der Waals surface area contributed by atoms with E-state index in [-0.39, 0.29) is 30.3 Å². The van der Waals surface area contributed by atoms with Crippen molar-refractivity contribution in [3.63, 3.8) is 0 Å². The number of fused-ring (bicyclic) bond motifs is 1. The molecule has 9 nitrogen and oxygen atoms in total. The van der Waals surface area contributed by atoms with Crippen molar-refractivity contribution in [2.75, 3.05) is 13.6 Å². The lowest BCUT2D eigenvalue weighted by Gasteiger charge is -2.23. The highest BCUT2D eigenvalue weighted by Crippen LogP contribution is 2.50. The molecular weight excluding hydrogens is 434 g/mol. The zero-order valence-electron chi connectivity index (χ0n) is 19.2. The van der Waals surface area contributed by atoms with E-state index in [0.29, 0.717) is 41.6 Å². The standard InChI is InChI=1S/C25H27N5O4/c1-29(12-9-21(31)32)24(34)25(10-11-25)17-7-8-20-18(14-17)28-19(23(33)30(20)2)13-15-3-5-16(6-4-15)22(26)27/h3-8,14H,9-13H2,1-2H3,(H3,26,27)(H,31,32). The normalized spacial score (nSPS) is 14.1. The third-order valence-corrected chi connectivity index (χ3v) is 6.50. The minimum Gasteiger partial charge on any atom is -0.481 e. The van der Waals surface area contributed by atoms with Gasteiger partial charge in [-0.15, -0.1) is 0 Å². The highest BCUT2D eigenvalue weighted by atomic mass is 16.4. The number of nitrogens with one attached hydrogen (secondary N) is 1. The van der Waals surface area contributed by atoms with Gasteiger partial charge in [0.05, 0.1) is 22.9 Å². The average molecular weight is 462 g/mol. The Morgan fingerprint density at radius 2 is 1.88 bits per heavy atom. The van der Waals surface area contributed by atoms with Gasteiger partial charge in [0, 0.05) is 32.6 Å². The molecule has 9 heteroatoms. The molecule has 1 aromatic heterocycles. The number of aryl methyl sites for hydroxylation is 1. The number of amides is 1. The zero-order chi connectivity index (χ0) is 24.6. The first-order valence-electron chi connectivity index (χ1n) is 11.0. The summed E-state index contributed by atoms with van der Waals surface area (Å²) in [7, 11) is 3.33. The molecule has 1 amide bonds. The molecule has 1 aliphatic carbocycles. The van der Waals surface area contributed by atoms with Crippen LogP contribution in [-0.4, -0.2) is 50.9 Å². The average Bonchev–Trinajstić information content (AvgIpc) is 3.62. The molecule has 0 atom stereocenters. The Kier molecular flexibility index (Phi) is 5.95. The topological polar surface area (TPSA) is 142 Å². The fourth-order valence-electron chi connectivity index (χ4n) is 4.28. The van der Waals surface area contributed by atoms with Crippen molar-refractivity contribution in [1.29, 1.82) is 5.41 Å². The first-order chi connectivity index (χ1) is 16.1. The minimum absolute atomic E-state index is 0.0176. The number of aromatic nitrogens is 2. The lowest BCUT2D eigenvalue weighted by atomic mass is 9.93. The van der Waals surface area contributed by atoms with E-state index in [1.807, 2.05) is 30.3 Å². The summed E-state index contributed by atoms with van der Waals surface area (Å²) in [6.45, 7) is 0.156. The molecule has 0 saturated heterocycles. The summed E-state index contributed by atoms with van der Waals surface area (Å²) in [4.78, 5) is 43.1. The lowest BCUT2D eigenvalue weighted by Crippen LogP contribution is -2.37. The van der Waals surface area contributed by atoms with Crippen LogP contribution in [0.1, 0.15) is 41.6 Å². The highest BCUT2D eigenvalue weighted by molar-refractivity contribution is 5.95. The van der Waals surface area contributed by atoms with Crippen LogP contribution in [-0.2, 0) is 28.5 Å². The van der Waals surface area contributed by atoms with Crippen LogP contribution in [0.15, 0.2) is 47.3 Å². The Labute approximate surface area is 196 Å². The number of carboxylic acid groups (broad SMARTS) is 1. The molecule has 0 radical (unpaired) electrons. The van der Waals surface area contributed by atoms with Crippen LogP contribution >= 0.6 is 0 Å². The molecule has 3 aromatic rings. The molecule has 176 valence electrons. The Morgan fingerprint density at radius 1 is 1.21 bits per heavy atom. The second-order valence-corrected chi connectivity index (χ2v) is 8.87. The van der Waals surface area contributed by atoms with Crippen LogP contribution in [0.3, 0.4) is 0 Å². The van der Waals surface area contributed by atoms with E-state index in [9.17, 15) is 14.4 Å². The quantitative estimate of drug-likeness (QED) is 0.345. The van der Waals surface area contributed by atoms with Gasteiger partial charge in [0.2, 0.25) is 5.91 Å². The van der Waals surface area contributed by atoms with Gasteiger partial charge >= 0.3 is 5.97 Å². The molecule has 1 saturated carbocycles. The Morgan fingerprint density at radius 3 is 2.47 bits per heavy atom. The van der Waals surface area contributed by atoms with Crippen molar-refractivity contribution < 1.29 is 14.7 Å².